The Bertz CT molecular complexity index is 492. The van der Waals surface area contributed by atoms with Crippen LogP contribution in [-0.4, -0.2) is 39.6 Å². The Morgan fingerprint density at radius 2 is 2.28 bits per heavy atom. The van der Waals surface area contributed by atoms with Crippen LogP contribution in [0.4, 0.5) is 10.7 Å². The maximum atomic E-state index is 11.3. The second-order valence-corrected chi connectivity index (χ2v) is 3.71. The zero-order chi connectivity index (χ0) is 13.9. The largest absolute Gasteiger partial charge is 0.441 e. The average molecular weight is 254 g/mol. The molecule has 1 aromatic rings. The van der Waals surface area contributed by atoms with Crippen LogP contribution in [0.2, 0.25) is 0 Å². The minimum Gasteiger partial charge on any atom is -0.441 e. The Morgan fingerprint density at radius 1 is 1.67 bits per heavy atom. The van der Waals surface area contributed by atoms with Crippen molar-refractivity contribution in [3.05, 3.63) is 28.1 Å². The van der Waals surface area contributed by atoms with Crippen molar-refractivity contribution < 1.29 is 14.5 Å². The van der Waals surface area contributed by atoms with E-state index < -0.39 is 11.0 Å². The van der Waals surface area contributed by atoms with E-state index in [1.165, 1.54) is 22.6 Å². The predicted molar refractivity (Wildman–Crippen MR) is 63.8 cm³/mol. The SMILES string of the molecule is C=Cc1nc([N+](=O)[O-])n(C)c1COC(=O)N(C)C. The molecule has 0 unspecified atom stereocenters. The number of ether oxygens (including phenoxy) is 1. The van der Waals surface area contributed by atoms with Crippen LogP contribution in [0, 0.1) is 10.1 Å². The van der Waals surface area contributed by atoms with Crippen LogP contribution >= 0.6 is 0 Å². The van der Waals surface area contributed by atoms with Crippen molar-refractivity contribution in [1.29, 1.82) is 0 Å². The minimum absolute atomic E-state index is 0.101. The quantitative estimate of drug-likeness (QED) is 0.594. The van der Waals surface area contributed by atoms with Crippen molar-refractivity contribution in [3.8, 4) is 0 Å². The van der Waals surface area contributed by atoms with E-state index in [2.05, 4.69) is 11.6 Å². The lowest BCUT2D eigenvalue weighted by Crippen LogP contribution is -2.23. The van der Waals surface area contributed by atoms with Gasteiger partial charge in [-0.05, 0) is 11.0 Å². The van der Waals surface area contributed by atoms with Gasteiger partial charge in [0.1, 0.15) is 0 Å². The molecule has 1 heterocycles. The summed E-state index contributed by atoms with van der Waals surface area (Å²) in [5, 5.41) is 10.7. The summed E-state index contributed by atoms with van der Waals surface area (Å²) < 4.78 is 6.23. The summed E-state index contributed by atoms with van der Waals surface area (Å²) in [6, 6.07) is 0. The molecule has 0 radical (unpaired) electrons. The number of hydrogen-bond acceptors (Lipinski definition) is 5. The number of hydrogen-bond donors (Lipinski definition) is 0. The number of nitrogens with zero attached hydrogens (tertiary/aromatic N) is 4. The zero-order valence-corrected chi connectivity index (χ0v) is 10.4. The molecule has 0 aliphatic heterocycles. The van der Waals surface area contributed by atoms with Gasteiger partial charge in [-0.3, -0.25) is 0 Å². The summed E-state index contributed by atoms with van der Waals surface area (Å²) in [5.41, 5.74) is 0.752. The van der Waals surface area contributed by atoms with Crippen LogP contribution in [0.15, 0.2) is 6.58 Å². The van der Waals surface area contributed by atoms with Gasteiger partial charge in [-0.1, -0.05) is 11.6 Å². The molecular formula is C10H14N4O4. The van der Waals surface area contributed by atoms with Crippen LogP contribution < -0.4 is 0 Å². The first-order valence-electron chi connectivity index (χ1n) is 5.05. The van der Waals surface area contributed by atoms with E-state index in [1.807, 2.05) is 0 Å². The van der Waals surface area contributed by atoms with Gasteiger partial charge in [-0.25, -0.2) is 9.36 Å². The molecule has 8 nitrogen and oxygen atoms in total. The van der Waals surface area contributed by atoms with Crippen molar-refractivity contribution in [2.45, 2.75) is 6.61 Å². The summed E-state index contributed by atoms with van der Waals surface area (Å²) in [7, 11) is 4.57. The first kappa shape index (κ1) is 13.7. The molecule has 0 N–H and O–H groups in total. The first-order chi connectivity index (χ1) is 8.38. The summed E-state index contributed by atoms with van der Waals surface area (Å²) in [6.45, 7) is 3.42. The second kappa shape index (κ2) is 5.30. The second-order valence-electron chi connectivity index (χ2n) is 3.71. The molecule has 0 aromatic carbocycles. The number of imidazole rings is 1. The van der Waals surface area contributed by atoms with Gasteiger partial charge in [0.2, 0.25) is 0 Å². The zero-order valence-electron chi connectivity index (χ0n) is 10.4. The summed E-state index contributed by atoms with van der Waals surface area (Å²) in [4.78, 5) is 26.5. The van der Waals surface area contributed by atoms with E-state index in [9.17, 15) is 14.9 Å². The van der Waals surface area contributed by atoms with Crippen molar-refractivity contribution in [2.75, 3.05) is 14.1 Å². The van der Waals surface area contributed by atoms with Crippen LogP contribution in [0.1, 0.15) is 11.4 Å². The van der Waals surface area contributed by atoms with E-state index in [0.717, 1.165) is 0 Å². The van der Waals surface area contributed by atoms with Gasteiger partial charge in [-0.15, -0.1) is 0 Å². The third-order valence-corrected chi connectivity index (χ3v) is 2.28. The molecule has 0 saturated heterocycles. The molecule has 0 aliphatic rings. The molecule has 1 aromatic heterocycles. The molecule has 18 heavy (non-hydrogen) atoms. The molecule has 0 aliphatic carbocycles. The van der Waals surface area contributed by atoms with Gasteiger partial charge >= 0.3 is 12.0 Å². The fourth-order valence-corrected chi connectivity index (χ4v) is 1.30. The lowest BCUT2D eigenvalue weighted by Gasteiger charge is -2.10. The van der Waals surface area contributed by atoms with Gasteiger partial charge in [0.15, 0.2) is 18.0 Å². The first-order valence-corrected chi connectivity index (χ1v) is 5.05. The Balaban J connectivity index is 2.97. The molecule has 1 rings (SSSR count). The van der Waals surface area contributed by atoms with E-state index in [1.54, 1.807) is 14.1 Å². The number of aromatic nitrogens is 2. The Hall–Kier alpha value is -2.38. The van der Waals surface area contributed by atoms with Crippen LogP contribution in [0.3, 0.4) is 0 Å². The lowest BCUT2D eigenvalue weighted by atomic mass is 10.3. The van der Waals surface area contributed by atoms with E-state index in [0.29, 0.717) is 11.4 Å². The highest BCUT2D eigenvalue weighted by molar-refractivity contribution is 5.66. The van der Waals surface area contributed by atoms with E-state index in [4.69, 9.17) is 4.74 Å². The molecule has 0 spiro atoms. The van der Waals surface area contributed by atoms with Gasteiger partial charge in [-0.2, -0.15) is 0 Å². The number of carbonyl (C=O) groups is 1. The maximum Gasteiger partial charge on any atom is 0.435 e. The average Bonchev–Trinajstić information content (AvgIpc) is 2.62. The predicted octanol–water partition coefficient (Wildman–Crippen LogP) is 1.17. The van der Waals surface area contributed by atoms with Gasteiger partial charge in [0.25, 0.3) is 0 Å². The Morgan fingerprint density at radius 3 is 2.72 bits per heavy atom. The van der Waals surface area contributed by atoms with E-state index >= 15 is 0 Å². The maximum absolute atomic E-state index is 11.3. The van der Waals surface area contributed by atoms with Crippen molar-refractivity contribution in [1.82, 2.24) is 14.5 Å². The van der Waals surface area contributed by atoms with Crippen LogP contribution in [0.25, 0.3) is 6.08 Å². The smallest absolute Gasteiger partial charge is 0.435 e. The molecule has 1 amide bonds. The molecule has 0 bridgehead atoms. The third kappa shape index (κ3) is 2.65. The molecule has 0 atom stereocenters. The summed E-state index contributed by atoms with van der Waals surface area (Å²) >= 11 is 0. The molecule has 0 saturated carbocycles. The fraction of sp³-hybridized carbons (Fsp3) is 0.400. The molecule has 8 heteroatoms. The van der Waals surface area contributed by atoms with Gasteiger partial charge in [0, 0.05) is 14.1 Å². The van der Waals surface area contributed by atoms with Crippen molar-refractivity contribution in [2.24, 2.45) is 7.05 Å². The fourth-order valence-electron chi connectivity index (χ4n) is 1.30. The number of amides is 1. The van der Waals surface area contributed by atoms with Crippen molar-refractivity contribution >= 4 is 18.1 Å². The standard InChI is InChI=1S/C10H14N4O4/c1-5-7-8(6-18-10(15)12(2)3)13(4)9(11-7)14(16)17/h5H,1,6H2,2-4H3. The Kier molecular flexibility index (Phi) is 4.03. The normalized spacial score (nSPS) is 9.94. The minimum atomic E-state index is -0.607. The van der Waals surface area contributed by atoms with Gasteiger partial charge in [0.05, 0.1) is 7.05 Å². The van der Waals surface area contributed by atoms with Crippen LogP contribution in [0.5, 0.6) is 0 Å². The number of nitro groups is 1. The van der Waals surface area contributed by atoms with Gasteiger partial charge < -0.3 is 19.8 Å². The lowest BCUT2D eigenvalue weighted by molar-refractivity contribution is -0.396. The molecule has 0 fully saturated rings. The Labute approximate surface area is 104 Å². The van der Waals surface area contributed by atoms with Crippen LogP contribution in [-0.2, 0) is 18.4 Å². The highest BCUT2D eigenvalue weighted by Gasteiger charge is 2.24. The monoisotopic (exact) mass is 254 g/mol. The molecule has 98 valence electrons. The van der Waals surface area contributed by atoms with E-state index in [-0.39, 0.29) is 12.6 Å². The highest BCUT2D eigenvalue weighted by atomic mass is 16.6. The summed E-state index contributed by atoms with van der Waals surface area (Å²) in [5.74, 6) is -0.319. The number of rotatable bonds is 4. The molecular weight excluding hydrogens is 240 g/mol. The van der Waals surface area contributed by atoms with Crippen molar-refractivity contribution in [3.63, 3.8) is 0 Å². The summed E-state index contributed by atoms with van der Waals surface area (Å²) in [6.07, 6.45) is 0.847. The highest BCUT2D eigenvalue weighted by Crippen LogP contribution is 2.18. The third-order valence-electron chi connectivity index (χ3n) is 2.28. The number of carbonyl (C=O) groups excluding carboxylic acids is 1. The topological polar surface area (TPSA) is 90.5 Å².